The van der Waals surface area contributed by atoms with E-state index in [2.05, 4.69) is 5.32 Å². The van der Waals surface area contributed by atoms with Crippen LogP contribution in [0.25, 0.3) is 0 Å². The number of carbonyl (C=O) groups excluding carboxylic acids is 1. The van der Waals surface area contributed by atoms with Gasteiger partial charge in [0, 0.05) is 19.0 Å². The number of rotatable bonds is 1. The van der Waals surface area contributed by atoms with Crippen molar-refractivity contribution in [3.63, 3.8) is 0 Å². The Morgan fingerprint density at radius 3 is 2.52 bits per heavy atom. The smallest absolute Gasteiger partial charge is 0.342 e. The van der Waals surface area contributed by atoms with Crippen LogP contribution in [-0.4, -0.2) is 43.2 Å². The van der Waals surface area contributed by atoms with Crippen LogP contribution in [0.5, 0.6) is 0 Å². The number of halogens is 4. The van der Waals surface area contributed by atoms with Crippen LogP contribution in [0, 0.1) is 17.3 Å². The molecule has 0 radical (unpaired) electrons. The van der Waals surface area contributed by atoms with Crippen LogP contribution in [0.15, 0.2) is 0 Å². The molecule has 2 aliphatic heterocycles. The predicted molar refractivity (Wildman–Crippen MR) is 75.3 cm³/mol. The molecule has 0 bridgehead atoms. The third-order valence-electron chi connectivity index (χ3n) is 5.28. The van der Waals surface area contributed by atoms with E-state index in [1.165, 1.54) is 4.90 Å². The molecule has 1 saturated carbocycles. The summed E-state index contributed by atoms with van der Waals surface area (Å²) in [6.07, 6.45) is -0.695. The lowest BCUT2D eigenvalue weighted by Gasteiger charge is -2.34. The second kappa shape index (κ2) is 5.95. The molecule has 2 unspecified atom stereocenters. The van der Waals surface area contributed by atoms with Gasteiger partial charge in [-0.2, -0.15) is 13.2 Å². The first kappa shape index (κ1) is 16.9. The predicted octanol–water partition coefficient (Wildman–Crippen LogP) is 2.60. The van der Waals surface area contributed by atoms with Crippen LogP contribution in [0.2, 0.25) is 0 Å². The maximum atomic E-state index is 12.8. The van der Waals surface area contributed by atoms with E-state index in [0.717, 1.165) is 32.4 Å². The van der Waals surface area contributed by atoms with Crippen molar-refractivity contribution in [3.8, 4) is 0 Å². The Morgan fingerprint density at radius 1 is 1.24 bits per heavy atom. The molecule has 3 nitrogen and oxygen atoms in total. The van der Waals surface area contributed by atoms with E-state index in [-0.39, 0.29) is 42.6 Å². The molecule has 1 N–H and O–H groups in total. The standard InChI is InChI=1S/C14H21F3N2O.ClH/c15-14(16,17)10-2-1-7-19(9-10)12(20)11-8-13(11)3-5-18-6-4-13;/h10-11,18H,1-9H2;1H. The molecule has 2 atom stereocenters. The summed E-state index contributed by atoms with van der Waals surface area (Å²) in [4.78, 5) is 13.9. The summed E-state index contributed by atoms with van der Waals surface area (Å²) < 4.78 is 38.4. The summed E-state index contributed by atoms with van der Waals surface area (Å²) in [6.45, 7) is 2.22. The van der Waals surface area contributed by atoms with Crippen molar-refractivity contribution in [2.45, 2.75) is 38.3 Å². The third-order valence-corrected chi connectivity index (χ3v) is 5.28. The molecule has 1 aliphatic carbocycles. The molecule has 0 aromatic carbocycles. The summed E-state index contributed by atoms with van der Waals surface area (Å²) in [5.74, 6) is -1.37. The average molecular weight is 327 g/mol. The van der Waals surface area contributed by atoms with Gasteiger partial charge in [-0.15, -0.1) is 12.4 Å². The van der Waals surface area contributed by atoms with Crippen LogP contribution >= 0.6 is 12.4 Å². The first-order valence-corrected chi connectivity index (χ1v) is 7.49. The zero-order valence-corrected chi connectivity index (χ0v) is 12.7. The first-order chi connectivity index (χ1) is 9.42. The van der Waals surface area contributed by atoms with Gasteiger partial charge in [0.25, 0.3) is 0 Å². The number of piperidine rings is 2. The number of alkyl halides is 3. The van der Waals surface area contributed by atoms with Gasteiger partial charge in [-0.05, 0) is 50.6 Å². The molecular weight excluding hydrogens is 305 g/mol. The minimum atomic E-state index is -4.17. The molecular formula is C14H22ClF3N2O. The summed E-state index contributed by atoms with van der Waals surface area (Å²) >= 11 is 0. The lowest BCUT2D eigenvalue weighted by atomic mass is 9.91. The molecule has 2 heterocycles. The van der Waals surface area contributed by atoms with Crippen molar-refractivity contribution in [2.24, 2.45) is 17.3 Å². The SMILES string of the molecule is Cl.O=C(C1CC12CCNCC2)N1CCCC(C(F)(F)F)C1. The number of hydrogen-bond donors (Lipinski definition) is 1. The van der Waals surface area contributed by atoms with Crippen LogP contribution in [0.3, 0.4) is 0 Å². The normalized spacial score (nSPS) is 31.7. The average Bonchev–Trinajstić information content (AvgIpc) is 3.11. The van der Waals surface area contributed by atoms with Gasteiger partial charge in [0.2, 0.25) is 5.91 Å². The Morgan fingerprint density at radius 2 is 1.90 bits per heavy atom. The highest BCUT2D eigenvalue weighted by Gasteiger charge is 2.59. The lowest BCUT2D eigenvalue weighted by molar-refractivity contribution is -0.188. The Kier molecular flexibility index (Phi) is 4.78. The van der Waals surface area contributed by atoms with E-state index in [9.17, 15) is 18.0 Å². The van der Waals surface area contributed by atoms with Crippen LogP contribution in [0.1, 0.15) is 32.1 Å². The van der Waals surface area contributed by atoms with Crippen molar-refractivity contribution in [2.75, 3.05) is 26.2 Å². The van der Waals surface area contributed by atoms with Gasteiger partial charge < -0.3 is 10.2 Å². The van der Waals surface area contributed by atoms with Gasteiger partial charge >= 0.3 is 6.18 Å². The second-order valence-corrected chi connectivity index (χ2v) is 6.53. The van der Waals surface area contributed by atoms with Crippen molar-refractivity contribution >= 4 is 18.3 Å². The zero-order valence-electron chi connectivity index (χ0n) is 11.9. The minimum Gasteiger partial charge on any atom is -0.342 e. The van der Waals surface area contributed by atoms with Crippen molar-refractivity contribution in [1.29, 1.82) is 0 Å². The number of nitrogens with zero attached hydrogens (tertiary/aromatic N) is 1. The fraction of sp³-hybridized carbons (Fsp3) is 0.929. The molecule has 0 aromatic rings. The fourth-order valence-corrected chi connectivity index (χ4v) is 3.84. The Labute approximate surface area is 129 Å². The van der Waals surface area contributed by atoms with Crippen LogP contribution in [-0.2, 0) is 4.79 Å². The highest BCUT2D eigenvalue weighted by molar-refractivity contribution is 5.85. The first-order valence-electron chi connectivity index (χ1n) is 7.49. The van der Waals surface area contributed by atoms with Gasteiger partial charge in [0.15, 0.2) is 0 Å². The van der Waals surface area contributed by atoms with Gasteiger partial charge in [-0.3, -0.25) is 4.79 Å². The second-order valence-electron chi connectivity index (χ2n) is 6.53. The molecule has 1 spiro atoms. The fourth-order valence-electron chi connectivity index (χ4n) is 3.84. The monoisotopic (exact) mass is 326 g/mol. The van der Waals surface area contributed by atoms with Crippen LogP contribution in [0.4, 0.5) is 13.2 Å². The number of hydrogen-bond acceptors (Lipinski definition) is 2. The Balaban J connectivity index is 0.00000161. The van der Waals surface area contributed by atoms with E-state index >= 15 is 0 Å². The highest BCUT2D eigenvalue weighted by atomic mass is 35.5. The summed E-state index contributed by atoms with van der Waals surface area (Å²) in [6, 6.07) is 0. The van der Waals surface area contributed by atoms with Crippen molar-refractivity contribution < 1.29 is 18.0 Å². The van der Waals surface area contributed by atoms with Crippen molar-refractivity contribution in [3.05, 3.63) is 0 Å². The van der Waals surface area contributed by atoms with E-state index < -0.39 is 12.1 Å². The third kappa shape index (κ3) is 3.31. The number of amides is 1. The number of carbonyl (C=O) groups is 1. The van der Waals surface area contributed by atoms with Gasteiger partial charge in [0.05, 0.1) is 5.92 Å². The van der Waals surface area contributed by atoms with E-state index in [1.54, 1.807) is 0 Å². The Hall–Kier alpha value is -0.490. The molecule has 1 amide bonds. The van der Waals surface area contributed by atoms with E-state index in [4.69, 9.17) is 0 Å². The molecule has 3 fully saturated rings. The molecule has 2 saturated heterocycles. The van der Waals surface area contributed by atoms with Gasteiger partial charge in [-0.25, -0.2) is 0 Å². The zero-order chi connectivity index (χ0) is 14.4. The molecule has 3 aliphatic rings. The quantitative estimate of drug-likeness (QED) is 0.803. The van der Waals surface area contributed by atoms with Gasteiger partial charge in [-0.1, -0.05) is 0 Å². The van der Waals surface area contributed by atoms with E-state index in [1.807, 2.05) is 0 Å². The maximum absolute atomic E-state index is 12.8. The molecule has 7 heteroatoms. The lowest BCUT2D eigenvalue weighted by Crippen LogP contribution is -2.46. The van der Waals surface area contributed by atoms with Crippen molar-refractivity contribution in [1.82, 2.24) is 10.2 Å². The highest BCUT2D eigenvalue weighted by Crippen LogP contribution is 2.59. The van der Waals surface area contributed by atoms with Gasteiger partial charge in [0.1, 0.15) is 0 Å². The number of nitrogens with one attached hydrogen (secondary N) is 1. The topological polar surface area (TPSA) is 32.3 Å². The summed E-state index contributed by atoms with van der Waals surface area (Å²) in [5, 5.41) is 3.27. The summed E-state index contributed by atoms with van der Waals surface area (Å²) in [7, 11) is 0. The summed E-state index contributed by atoms with van der Waals surface area (Å²) in [5.41, 5.74) is 0.105. The molecule has 122 valence electrons. The largest absolute Gasteiger partial charge is 0.393 e. The van der Waals surface area contributed by atoms with Crippen LogP contribution < -0.4 is 5.32 Å². The maximum Gasteiger partial charge on any atom is 0.393 e. The Bertz CT molecular complexity index is 396. The molecule has 3 rings (SSSR count). The van der Waals surface area contributed by atoms with E-state index in [0.29, 0.717) is 13.0 Å². The molecule has 0 aromatic heterocycles. The molecule has 21 heavy (non-hydrogen) atoms. The number of likely N-dealkylation sites (tertiary alicyclic amines) is 1. The minimum absolute atomic E-state index is 0.